The lowest BCUT2D eigenvalue weighted by molar-refractivity contribution is 0.217. The number of benzene rings is 1. The van der Waals surface area contributed by atoms with Crippen molar-refractivity contribution in [3.63, 3.8) is 0 Å². The summed E-state index contributed by atoms with van der Waals surface area (Å²) in [6, 6.07) is 10.6. The first-order valence-electron chi connectivity index (χ1n) is 5.14. The van der Waals surface area contributed by atoms with E-state index in [9.17, 15) is 0 Å². The van der Waals surface area contributed by atoms with Crippen molar-refractivity contribution in [2.75, 3.05) is 13.7 Å². The van der Waals surface area contributed by atoms with Gasteiger partial charge < -0.3 is 0 Å². The molecule has 1 aromatic carbocycles. The van der Waals surface area contributed by atoms with Crippen LogP contribution in [0.3, 0.4) is 0 Å². The van der Waals surface area contributed by atoms with Crippen LogP contribution in [0.4, 0.5) is 0 Å². The molecule has 3 atom stereocenters. The quantitative estimate of drug-likeness (QED) is 0.532. The van der Waals surface area contributed by atoms with Gasteiger partial charge >= 0.3 is 7.57 Å². The van der Waals surface area contributed by atoms with Crippen LogP contribution in [0.5, 0.6) is 0 Å². The number of nitrogens with zero attached hydrogens (tertiary/aromatic N) is 1. The Bertz CT molecular complexity index is 344. The molecule has 1 fully saturated rings. The molecule has 1 aliphatic rings. The van der Waals surface area contributed by atoms with Crippen molar-refractivity contribution in [1.82, 2.24) is 4.67 Å². The topological polar surface area (TPSA) is 12.5 Å². The summed E-state index contributed by atoms with van der Waals surface area (Å²) >= 11 is 0. The van der Waals surface area contributed by atoms with E-state index in [0.717, 1.165) is 0 Å². The molecule has 2 rings (SSSR count). The highest BCUT2D eigenvalue weighted by molar-refractivity contribution is 7.91. The molecule has 15 heavy (non-hydrogen) atoms. The Morgan fingerprint density at radius 2 is 1.93 bits per heavy atom. The fourth-order valence-corrected chi connectivity index (χ4v) is 3.68. The van der Waals surface area contributed by atoms with E-state index in [1.54, 1.807) is 0 Å². The lowest BCUT2D eigenvalue weighted by atomic mass is 10.0. The lowest BCUT2D eigenvalue weighted by Crippen LogP contribution is -2.24. The zero-order chi connectivity index (χ0) is 11.1. The maximum absolute atomic E-state index is 6.15. The molecule has 2 radical (unpaired) electrons. The molecule has 0 aliphatic carbocycles. The average molecular weight is 220 g/mol. The molecule has 78 valence electrons. The molecule has 0 amide bonds. The van der Waals surface area contributed by atoms with Gasteiger partial charge in [-0.25, -0.2) is 4.52 Å². The Hall–Kier alpha value is -0.365. The van der Waals surface area contributed by atoms with Gasteiger partial charge in [-0.15, -0.1) is 0 Å². The molecule has 1 aromatic rings. The zero-order valence-corrected chi connectivity index (χ0v) is 10.3. The Labute approximate surface area is 93.5 Å². The fourth-order valence-electron chi connectivity index (χ4n) is 1.93. The van der Waals surface area contributed by atoms with Gasteiger partial charge in [-0.1, -0.05) is 30.3 Å². The Morgan fingerprint density at radius 3 is 2.40 bits per heavy atom. The van der Waals surface area contributed by atoms with Crippen molar-refractivity contribution < 1.29 is 4.52 Å². The first-order chi connectivity index (χ1) is 7.02. The standard InChI is InChI=1S/C11H16BNOP/c1-9-11(10-7-5-4-6-8-10)14-15(3,12)13(9)2/h4-9,11H,1-3H3/q+1. The van der Waals surface area contributed by atoms with Crippen LogP contribution in [-0.2, 0) is 4.52 Å². The summed E-state index contributed by atoms with van der Waals surface area (Å²) in [5, 5.41) is 0. The van der Waals surface area contributed by atoms with Crippen LogP contribution >= 0.6 is 7.52 Å². The third-order valence-electron chi connectivity index (χ3n) is 3.11. The van der Waals surface area contributed by atoms with Crippen LogP contribution in [-0.4, -0.2) is 32.0 Å². The van der Waals surface area contributed by atoms with Crippen molar-refractivity contribution >= 4 is 15.1 Å². The van der Waals surface area contributed by atoms with E-state index >= 15 is 0 Å². The van der Waals surface area contributed by atoms with Gasteiger partial charge in [-0.2, -0.15) is 4.67 Å². The molecule has 0 spiro atoms. The highest BCUT2D eigenvalue weighted by Gasteiger charge is 2.50. The molecule has 0 aromatic heterocycles. The van der Waals surface area contributed by atoms with E-state index in [0.29, 0.717) is 6.04 Å². The van der Waals surface area contributed by atoms with Crippen molar-refractivity contribution in [2.45, 2.75) is 19.1 Å². The van der Waals surface area contributed by atoms with Gasteiger partial charge in [0.15, 0.2) is 7.52 Å². The maximum atomic E-state index is 6.15. The van der Waals surface area contributed by atoms with Gasteiger partial charge in [0, 0.05) is 7.05 Å². The minimum atomic E-state index is -1.83. The number of rotatable bonds is 1. The Balaban J connectivity index is 2.27. The van der Waals surface area contributed by atoms with Crippen molar-refractivity contribution in [3.05, 3.63) is 35.9 Å². The summed E-state index contributed by atoms with van der Waals surface area (Å²) in [4.78, 5) is 0. The number of likely N-dealkylation sites (N-methyl/N-ethyl adjacent to an activating group) is 1. The van der Waals surface area contributed by atoms with Crippen molar-refractivity contribution in [1.29, 1.82) is 0 Å². The van der Waals surface area contributed by atoms with Gasteiger partial charge in [-0.3, -0.25) is 0 Å². The average Bonchev–Trinajstić information content (AvgIpc) is 2.44. The predicted octanol–water partition coefficient (Wildman–Crippen LogP) is 2.64. The summed E-state index contributed by atoms with van der Waals surface area (Å²) in [6.07, 6.45) is 0.111. The smallest absolute Gasteiger partial charge is 0.229 e. The molecule has 0 bridgehead atoms. The Kier molecular flexibility index (Phi) is 2.89. The lowest BCUT2D eigenvalue weighted by Gasteiger charge is -2.18. The van der Waals surface area contributed by atoms with Crippen LogP contribution < -0.4 is 0 Å². The van der Waals surface area contributed by atoms with Crippen LogP contribution in [0.25, 0.3) is 0 Å². The molecule has 1 aliphatic heterocycles. The first kappa shape index (κ1) is 11.1. The first-order valence-corrected chi connectivity index (χ1v) is 7.32. The summed E-state index contributed by atoms with van der Waals surface area (Å²) in [6.45, 7) is 4.17. The van der Waals surface area contributed by atoms with E-state index in [1.165, 1.54) is 5.56 Å². The fraction of sp³-hybridized carbons (Fsp3) is 0.455. The summed E-state index contributed by atoms with van der Waals surface area (Å²) < 4.78 is 8.15. The van der Waals surface area contributed by atoms with Crippen molar-refractivity contribution in [2.24, 2.45) is 0 Å². The Morgan fingerprint density at radius 1 is 1.33 bits per heavy atom. The molecule has 0 saturated carbocycles. The van der Waals surface area contributed by atoms with Gasteiger partial charge in [-0.05, 0) is 12.5 Å². The van der Waals surface area contributed by atoms with Gasteiger partial charge in [0.2, 0.25) is 0 Å². The maximum Gasteiger partial charge on any atom is 0.426 e. The minimum absolute atomic E-state index is 0.111. The summed E-state index contributed by atoms with van der Waals surface area (Å²) in [7, 11) is 6.37. The summed E-state index contributed by atoms with van der Waals surface area (Å²) in [5.41, 5.74) is 1.21. The monoisotopic (exact) mass is 220 g/mol. The zero-order valence-electron chi connectivity index (χ0n) is 9.42. The second kappa shape index (κ2) is 3.90. The highest BCUT2D eigenvalue weighted by atomic mass is 31.2. The van der Waals surface area contributed by atoms with E-state index in [1.807, 2.05) is 31.9 Å². The third-order valence-corrected chi connectivity index (χ3v) is 5.38. The predicted molar refractivity (Wildman–Crippen MR) is 66.1 cm³/mol. The van der Waals surface area contributed by atoms with E-state index in [-0.39, 0.29) is 6.10 Å². The van der Waals surface area contributed by atoms with Crippen LogP contribution in [0, 0.1) is 0 Å². The third kappa shape index (κ3) is 1.97. The van der Waals surface area contributed by atoms with Gasteiger partial charge in [0.1, 0.15) is 6.10 Å². The molecule has 1 saturated heterocycles. The second-order valence-electron chi connectivity index (χ2n) is 4.19. The molecule has 0 N–H and O–H groups in total. The molecule has 1 heterocycles. The van der Waals surface area contributed by atoms with Gasteiger partial charge in [0.05, 0.1) is 12.7 Å². The van der Waals surface area contributed by atoms with Crippen LogP contribution in [0.2, 0.25) is 0 Å². The summed E-state index contributed by atoms with van der Waals surface area (Å²) in [5.74, 6) is 0. The molecule has 3 unspecified atom stereocenters. The largest absolute Gasteiger partial charge is 0.426 e. The van der Waals surface area contributed by atoms with E-state index < -0.39 is 7.52 Å². The second-order valence-corrected chi connectivity index (χ2v) is 6.92. The van der Waals surface area contributed by atoms with Crippen molar-refractivity contribution in [3.8, 4) is 0 Å². The SMILES string of the molecule is [B][P+]1(C)OC(c2ccccc2)C(C)N1C. The van der Waals surface area contributed by atoms with Crippen LogP contribution in [0.15, 0.2) is 30.3 Å². The van der Waals surface area contributed by atoms with E-state index in [4.69, 9.17) is 12.1 Å². The molecule has 2 nitrogen and oxygen atoms in total. The van der Waals surface area contributed by atoms with Gasteiger partial charge in [0.25, 0.3) is 0 Å². The number of hydrogen-bond donors (Lipinski definition) is 0. The van der Waals surface area contributed by atoms with E-state index in [2.05, 4.69) is 23.7 Å². The molecular weight excluding hydrogens is 204 g/mol. The van der Waals surface area contributed by atoms with Crippen LogP contribution in [0.1, 0.15) is 18.6 Å². The minimum Gasteiger partial charge on any atom is -0.229 e. The highest BCUT2D eigenvalue weighted by Crippen LogP contribution is 2.65. The molecule has 4 heteroatoms. The number of hydrogen-bond acceptors (Lipinski definition) is 2. The normalized spacial score (nSPS) is 37.0. The molecular formula is C11H16BNOP+.